The minimum atomic E-state index is -6.40. The van der Waals surface area contributed by atoms with E-state index in [1.807, 2.05) is 0 Å². The molecule has 0 radical (unpaired) electrons. The van der Waals surface area contributed by atoms with Gasteiger partial charge in [0.2, 0.25) is 0 Å². The number of hydrogen-bond donors (Lipinski definition) is 1. The highest BCUT2D eigenvalue weighted by atomic mass is 19.4. The van der Waals surface area contributed by atoms with Crippen LogP contribution >= 0.6 is 0 Å². The predicted molar refractivity (Wildman–Crippen MR) is 123 cm³/mol. The van der Waals surface area contributed by atoms with Crippen molar-refractivity contribution in [3.8, 4) is 22.8 Å². The Labute approximate surface area is 232 Å². The van der Waals surface area contributed by atoms with Crippen molar-refractivity contribution in [1.29, 1.82) is 0 Å². The number of alkyl halides is 8. The molecule has 0 saturated carbocycles. The van der Waals surface area contributed by atoms with Gasteiger partial charge in [-0.2, -0.15) is 40.2 Å². The second-order valence-corrected chi connectivity index (χ2v) is 8.71. The Hall–Kier alpha value is -4.71. The average molecular weight is 628 g/mol. The van der Waals surface area contributed by atoms with Crippen LogP contribution in [0.1, 0.15) is 27.2 Å². The number of methoxy groups -OCH3 is 1. The van der Waals surface area contributed by atoms with Crippen LogP contribution in [0.3, 0.4) is 0 Å². The first-order valence-electron chi connectivity index (χ1n) is 11.5. The van der Waals surface area contributed by atoms with Crippen molar-refractivity contribution in [2.75, 3.05) is 7.11 Å². The molecular weight excluding hydrogens is 613 g/mol. The predicted octanol–water partition coefficient (Wildman–Crippen LogP) is 5.70. The SMILES string of the molecule is COc1c(CNC(=O)c2c(F)cc(F)cc2F)cccc1-c1cn(-c2c(C(F)(F)F)c(C(F)(F)C(F)(F)F)nn2C)nn1. The molecule has 0 bridgehead atoms. The lowest BCUT2D eigenvalue weighted by molar-refractivity contribution is -0.292. The van der Waals surface area contributed by atoms with Crippen LogP contribution in [-0.2, 0) is 25.7 Å². The largest absolute Gasteiger partial charge is 0.496 e. The van der Waals surface area contributed by atoms with Gasteiger partial charge in [-0.1, -0.05) is 17.3 Å². The van der Waals surface area contributed by atoms with Gasteiger partial charge in [0.05, 0.1) is 13.3 Å². The van der Waals surface area contributed by atoms with Crippen LogP contribution in [0.4, 0.5) is 48.3 Å². The maximum Gasteiger partial charge on any atom is 0.459 e. The summed E-state index contributed by atoms with van der Waals surface area (Å²) in [6.45, 7) is -0.448. The molecule has 0 aliphatic heterocycles. The standard InChI is InChI=1S/C24H15F11N6O2/c1-40-21(17(23(30,31)32)19(38-40)22(28,29)24(33,34)35)41-9-15(37-39-41)12-5-3-4-10(18(12)43-2)8-36-20(42)16-13(26)6-11(25)7-14(16)27/h3-7,9H,8H2,1-2H3,(H,36,42). The van der Waals surface area contributed by atoms with Gasteiger partial charge in [-0.15, -0.1) is 5.10 Å². The van der Waals surface area contributed by atoms with Gasteiger partial charge in [-0.25, -0.2) is 22.5 Å². The molecule has 230 valence electrons. The molecule has 2 heterocycles. The summed E-state index contributed by atoms with van der Waals surface area (Å²) in [5.41, 5.74) is -6.21. The van der Waals surface area contributed by atoms with Gasteiger partial charge < -0.3 is 10.1 Å². The molecule has 0 atom stereocenters. The second-order valence-electron chi connectivity index (χ2n) is 8.71. The Morgan fingerprint density at radius 1 is 1.00 bits per heavy atom. The monoisotopic (exact) mass is 628 g/mol. The summed E-state index contributed by atoms with van der Waals surface area (Å²) >= 11 is 0. The summed E-state index contributed by atoms with van der Waals surface area (Å²) in [4.78, 5) is 12.4. The van der Waals surface area contributed by atoms with E-state index >= 15 is 0 Å². The van der Waals surface area contributed by atoms with Crippen molar-refractivity contribution in [3.63, 3.8) is 0 Å². The van der Waals surface area contributed by atoms with Crippen LogP contribution in [0.25, 0.3) is 17.1 Å². The van der Waals surface area contributed by atoms with Gasteiger partial charge in [0, 0.05) is 36.9 Å². The summed E-state index contributed by atoms with van der Waals surface area (Å²) in [6, 6.07) is 4.63. The van der Waals surface area contributed by atoms with Gasteiger partial charge in [0.15, 0.2) is 11.5 Å². The Balaban J connectivity index is 1.72. The van der Waals surface area contributed by atoms with Crippen molar-refractivity contribution in [3.05, 3.63) is 76.4 Å². The third-order valence-electron chi connectivity index (χ3n) is 5.91. The maximum atomic E-state index is 14.0. The number of aromatic nitrogens is 5. The van der Waals surface area contributed by atoms with Gasteiger partial charge in [-0.3, -0.25) is 4.79 Å². The second kappa shape index (κ2) is 10.8. The van der Waals surface area contributed by atoms with E-state index in [0.29, 0.717) is 19.2 Å². The highest BCUT2D eigenvalue weighted by Gasteiger charge is 2.64. The van der Waals surface area contributed by atoms with E-state index in [4.69, 9.17) is 4.74 Å². The molecule has 0 unspecified atom stereocenters. The third kappa shape index (κ3) is 5.70. The van der Waals surface area contributed by atoms with E-state index in [1.54, 1.807) is 0 Å². The van der Waals surface area contributed by atoms with E-state index in [2.05, 4.69) is 20.7 Å². The molecule has 0 spiro atoms. The number of benzene rings is 2. The maximum absolute atomic E-state index is 14.0. The van der Waals surface area contributed by atoms with Gasteiger partial charge in [0.1, 0.15) is 40.0 Å². The zero-order chi connectivity index (χ0) is 32.1. The number of carbonyl (C=O) groups is 1. The van der Waals surface area contributed by atoms with Gasteiger partial charge in [0.25, 0.3) is 5.91 Å². The summed E-state index contributed by atoms with van der Waals surface area (Å²) in [6.07, 6.45) is -11.4. The van der Waals surface area contributed by atoms with Crippen molar-refractivity contribution >= 4 is 5.91 Å². The molecule has 0 saturated heterocycles. The van der Waals surface area contributed by atoms with Crippen molar-refractivity contribution in [2.24, 2.45) is 7.05 Å². The molecule has 2 aromatic carbocycles. The number of ether oxygens (including phenoxy) is 1. The number of nitrogens with one attached hydrogen (secondary N) is 1. The Morgan fingerprint density at radius 2 is 1.63 bits per heavy atom. The molecule has 0 aliphatic carbocycles. The van der Waals surface area contributed by atoms with Crippen LogP contribution in [0, 0.1) is 17.5 Å². The first-order chi connectivity index (χ1) is 19.9. The van der Waals surface area contributed by atoms with Crippen LogP contribution in [0.2, 0.25) is 0 Å². The number of para-hydroxylation sites is 1. The average Bonchev–Trinajstić information content (AvgIpc) is 3.50. The molecule has 0 aliphatic rings. The minimum Gasteiger partial charge on any atom is -0.496 e. The smallest absolute Gasteiger partial charge is 0.459 e. The zero-order valence-corrected chi connectivity index (χ0v) is 21.4. The number of aryl methyl sites for hydroxylation is 1. The zero-order valence-electron chi connectivity index (χ0n) is 21.4. The summed E-state index contributed by atoms with van der Waals surface area (Å²) in [5.74, 6) is -12.8. The molecular formula is C24H15F11N6O2. The van der Waals surface area contributed by atoms with Crippen LogP contribution in [-0.4, -0.2) is 44.0 Å². The fourth-order valence-electron chi connectivity index (χ4n) is 4.07. The quantitative estimate of drug-likeness (QED) is 0.266. The number of hydrogen-bond acceptors (Lipinski definition) is 5. The van der Waals surface area contributed by atoms with Gasteiger partial charge in [-0.05, 0) is 6.07 Å². The number of carbonyl (C=O) groups excluding carboxylic acids is 1. The van der Waals surface area contributed by atoms with Crippen molar-refractivity contribution in [1.82, 2.24) is 30.1 Å². The lowest BCUT2D eigenvalue weighted by Crippen LogP contribution is -2.36. The molecule has 43 heavy (non-hydrogen) atoms. The fraction of sp³-hybridized carbons (Fsp3) is 0.250. The van der Waals surface area contributed by atoms with E-state index in [1.165, 1.54) is 18.2 Å². The van der Waals surface area contributed by atoms with Crippen molar-refractivity contribution < 1.29 is 57.8 Å². The van der Waals surface area contributed by atoms with E-state index in [9.17, 15) is 53.1 Å². The molecule has 4 aromatic rings. The van der Waals surface area contributed by atoms with Crippen LogP contribution < -0.4 is 10.1 Å². The van der Waals surface area contributed by atoms with E-state index in [0.717, 1.165) is 13.3 Å². The fourth-order valence-corrected chi connectivity index (χ4v) is 4.07. The number of halogens is 11. The lowest BCUT2D eigenvalue weighted by atomic mass is 10.1. The summed E-state index contributed by atoms with van der Waals surface area (Å²) < 4.78 is 155. The summed E-state index contributed by atoms with van der Waals surface area (Å²) in [5, 5.41) is 12.1. The molecule has 1 N–H and O–H groups in total. The normalized spacial score (nSPS) is 12.5. The van der Waals surface area contributed by atoms with Crippen LogP contribution in [0.15, 0.2) is 36.5 Å². The lowest BCUT2D eigenvalue weighted by Gasteiger charge is -2.19. The van der Waals surface area contributed by atoms with Crippen LogP contribution in [0.5, 0.6) is 5.75 Å². The highest BCUT2D eigenvalue weighted by molar-refractivity contribution is 5.94. The van der Waals surface area contributed by atoms with E-state index < -0.39 is 70.8 Å². The number of nitrogens with zero attached hydrogens (tertiary/aromatic N) is 5. The Morgan fingerprint density at radius 3 is 2.19 bits per heavy atom. The molecule has 0 fully saturated rings. The molecule has 2 aromatic heterocycles. The Kier molecular flexibility index (Phi) is 7.88. The highest BCUT2D eigenvalue weighted by Crippen LogP contribution is 2.49. The minimum absolute atomic E-state index is 0.00351. The summed E-state index contributed by atoms with van der Waals surface area (Å²) in [7, 11) is 1.83. The number of rotatable bonds is 7. The first-order valence-corrected chi connectivity index (χ1v) is 11.5. The topological polar surface area (TPSA) is 86.9 Å². The van der Waals surface area contributed by atoms with Gasteiger partial charge >= 0.3 is 18.3 Å². The van der Waals surface area contributed by atoms with Crippen molar-refractivity contribution in [2.45, 2.75) is 24.8 Å². The number of amides is 1. The Bertz CT molecular complexity index is 1670. The molecule has 1 amide bonds. The first kappa shape index (κ1) is 31.2. The third-order valence-corrected chi connectivity index (χ3v) is 5.91. The molecule has 8 nitrogen and oxygen atoms in total. The molecule has 4 rings (SSSR count). The molecule has 19 heteroatoms. The van der Waals surface area contributed by atoms with E-state index in [-0.39, 0.29) is 31.9 Å².